The summed E-state index contributed by atoms with van der Waals surface area (Å²) in [5, 5.41) is 3.94. The van der Waals surface area contributed by atoms with Crippen molar-refractivity contribution in [3.8, 4) is 0 Å². The molecular formula is C12H13NOS. The molecule has 0 aliphatic carbocycles. The van der Waals surface area contributed by atoms with Crippen LogP contribution in [-0.2, 0) is 5.75 Å². The topological polar surface area (TPSA) is 26.0 Å². The maximum absolute atomic E-state index is 5.12. The number of rotatable bonds is 3. The van der Waals surface area contributed by atoms with Crippen LogP contribution in [0.1, 0.15) is 17.0 Å². The quantitative estimate of drug-likeness (QED) is 0.738. The van der Waals surface area contributed by atoms with Gasteiger partial charge in [-0.3, -0.25) is 0 Å². The molecule has 2 nitrogen and oxygen atoms in total. The van der Waals surface area contributed by atoms with Crippen molar-refractivity contribution in [3.63, 3.8) is 0 Å². The Kier molecular flexibility index (Phi) is 3.11. The van der Waals surface area contributed by atoms with Crippen LogP contribution >= 0.6 is 11.8 Å². The van der Waals surface area contributed by atoms with Gasteiger partial charge < -0.3 is 4.52 Å². The van der Waals surface area contributed by atoms with Crippen LogP contribution in [-0.4, -0.2) is 5.16 Å². The van der Waals surface area contributed by atoms with E-state index in [0.29, 0.717) is 0 Å². The Hall–Kier alpha value is -1.22. The van der Waals surface area contributed by atoms with Gasteiger partial charge in [-0.25, -0.2) is 0 Å². The Morgan fingerprint density at radius 1 is 1.20 bits per heavy atom. The first-order valence-corrected chi connectivity index (χ1v) is 5.85. The highest BCUT2D eigenvalue weighted by molar-refractivity contribution is 7.98. The van der Waals surface area contributed by atoms with Crippen molar-refractivity contribution in [2.75, 3.05) is 0 Å². The molecule has 0 bridgehead atoms. The summed E-state index contributed by atoms with van der Waals surface area (Å²) in [6.45, 7) is 3.94. The van der Waals surface area contributed by atoms with E-state index >= 15 is 0 Å². The first-order valence-electron chi connectivity index (χ1n) is 4.87. The third-order valence-corrected chi connectivity index (χ3v) is 3.35. The highest BCUT2D eigenvalue weighted by Crippen LogP contribution is 2.25. The fraction of sp³-hybridized carbons (Fsp3) is 0.250. The Morgan fingerprint density at radius 3 is 2.53 bits per heavy atom. The zero-order valence-corrected chi connectivity index (χ0v) is 9.67. The monoisotopic (exact) mass is 219 g/mol. The van der Waals surface area contributed by atoms with Gasteiger partial charge >= 0.3 is 0 Å². The predicted molar refractivity (Wildman–Crippen MR) is 62.0 cm³/mol. The van der Waals surface area contributed by atoms with E-state index in [1.807, 2.05) is 19.9 Å². The van der Waals surface area contributed by atoms with Gasteiger partial charge in [0.05, 0.1) is 5.69 Å². The molecule has 0 radical (unpaired) electrons. The summed E-state index contributed by atoms with van der Waals surface area (Å²) >= 11 is 1.81. The molecule has 1 aromatic carbocycles. The molecule has 15 heavy (non-hydrogen) atoms. The van der Waals surface area contributed by atoms with Crippen molar-refractivity contribution < 1.29 is 4.52 Å². The normalized spacial score (nSPS) is 10.5. The van der Waals surface area contributed by atoms with Crippen LogP contribution in [0.5, 0.6) is 0 Å². The van der Waals surface area contributed by atoms with Crippen molar-refractivity contribution in [3.05, 3.63) is 47.3 Å². The molecule has 2 aromatic rings. The summed E-state index contributed by atoms with van der Waals surface area (Å²) in [5.41, 5.74) is 2.21. The van der Waals surface area contributed by atoms with Crippen LogP contribution < -0.4 is 0 Å². The largest absolute Gasteiger partial charge is 0.361 e. The minimum absolute atomic E-state index is 0.922. The molecule has 3 heteroatoms. The van der Waals surface area contributed by atoms with Crippen LogP contribution in [0.25, 0.3) is 0 Å². The van der Waals surface area contributed by atoms with Gasteiger partial charge in [0.15, 0.2) is 0 Å². The van der Waals surface area contributed by atoms with Crippen molar-refractivity contribution in [2.45, 2.75) is 24.5 Å². The Bertz CT molecular complexity index is 417. The highest BCUT2D eigenvalue weighted by atomic mass is 32.2. The molecule has 0 unspecified atom stereocenters. The second-order valence-electron chi connectivity index (χ2n) is 3.40. The summed E-state index contributed by atoms with van der Waals surface area (Å²) in [5.74, 6) is 1.85. The van der Waals surface area contributed by atoms with E-state index in [9.17, 15) is 0 Å². The molecule has 0 aliphatic heterocycles. The van der Waals surface area contributed by atoms with Crippen LogP contribution in [0.2, 0.25) is 0 Å². The first kappa shape index (κ1) is 10.3. The molecule has 0 fully saturated rings. The lowest BCUT2D eigenvalue weighted by molar-refractivity contribution is 0.392. The van der Waals surface area contributed by atoms with E-state index in [1.165, 1.54) is 10.5 Å². The number of nitrogens with zero attached hydrogens (tertiary/aromatic N) is 1. The Balaban J connectivity index is 2.05. The van der Waals surface area contributed by atoms with Gasteiger partial charge in [0.2, 0.25) is 0 Å². The maximum Gasteiger partial charge on any atom is 0.137 e. The number of aryl methyl sites for hydroxylation is 2. The smallest absolute Gasteiger partial charge is 0.137 e. The van der Waals surface area contributed by atoms with Gasteiger partial charge in [-0.2, -0.15) is 0 Å². The summed E-state index contributed by atoms with van der Waals surface area (Å²) in [7, 11) is 0. The molecule has 0 N–H and O–H groups in total. The molecule has 0 amide bonds. The Morgan fingerprint density at radius 2 is 1.93 bits per heavy atom. The van der Waals surface area contributed by atoms with E-state index in [1.54, 1.807) is 11.8 Å². The van der Waals surface area contributed by atoms with E-state index in [0.717, 1.165) is 17.2 Å². The lowest BCUT2D eigenvalue weighted by atomic mass is 10.2. The molecule has 1 heterocycles. The second-order valence-corrected chi connectivity index (χ2v) is 4.45. The third-order valence-electron chi connectivity index (χ3n) is 2.31. The van der Waals surface area contributed by atoms with E-state index in [2.05, 4.69) is 29.4 Å². The molecular weight excluding hydrogens is 206 g/mol. The molecule has 0 saturated heterocycles. The van der Waals surface area contributed by atoms with Gasteiger partial charge in [-0.15, -0.1) is 11.8 Å². The van der Waals surface area contributed by atoms with Gasteiger partial charge in [0, 0.05) is 16.2 Å². The lowest BCUT2D eigenvalue weighted by Crippen LogP contribution is -1.84. The van der Waals surface area contributed by atoms with Gasteiger partial charge in [0.25, 0.3) is 0 Å². The SMILES string of the molecule is Cc1noc(C)c1CSc1ccccc1. The van der Waals surface area contributed by atoms with Crippen LogP contribution in [0.15, 0.2) is 39.8 Å². The summed E-state index contributed by atoms with van der Waals surface area (Å²) in [6, 6.07) is 10.4. The summed E-state index contributed by atoms with van der Waals surface area (Å²) < 4.78 is 5.12. The van der Waals surface area contributed by atoms with E-state index in [4.69, 9.17) is 4.52 Å². The van der Waals surface area contributed by atoms with Crippen molar-refractivity contribution in [1.29, 1.82) is 0 Å². The minimum Gasteiger partial charge on any atom is -0.361 e. The highest BCUT2D eigenvalue weighted by Gasteiger charge is 2.08. The minimum atomic E-state index is 0.922. The second kappa shape index (κ2) is 4.53. The zero-order valence-electron chi connectivity index (χ0n) is 8.86. The predicted octanol–water partition coefficient (Wildman–Crippen LogP) is 3.58. The van der Waals surface area contributed by atoms with Crippen molar-refractivity contribution >= 4 is 11.8 Å². The average Bonchev–Trinajstić information content (AvgIpc) is 2.58. The molecule has 1 aromatic heterocycles. The van der Waals surface area contributed by atoms with Gasteiger partial charge in [-0.05, 0) is 26.0 Å². The van der Waals surface area contributed by atoms with Crippen LogP contribution in [0.3, 0.4) is 0 Å². The third kappa shape index (κ3) is 2.42. The van der Waals surface area contributed by atoms with Crippen molar-refractivity contribution in [1.82, 2.24) is 5.16 Å². The molecule has 78 valence electrons. The number of thioether (sulfide) groups is 1. The number of hydrogen-bond donors (Lipinski definition) is 0. The average molecular weight is 219 g/mol. The van der Waals surface area contributed by atoms with Crippen LogP contribution in [0, 0.1) is 13.8 Å². The lowest BCUT2D eigenvalue weighted by Gasteiger charge is -2.00. The molecule has 2 rings (SSSR count). The zero-order chi connectivity index (χ0) is 10.7. The number of hydrogen-bond acceptors (Lipinski definition) is 3. The molecule has 0 spiro atoms. The number of benzene rings is 1. The van der Waals surface area contributed by atoms with E-state index in [-0.39, 0.29) is 0 Å². The summed E-state index contributed by atoms with van der Waals surface area (Å²) in [4.78, 5) is 1.28. The number of aromatic nitrogens is 1. The standard InChI is InChI=1S/C12H13NOS/c1-9-12(10(2)14-13-9)8-15-11-6-4-3-5-7-11/h3-7H,8H2,1-2H3. The molecule has 0 aliphatic rings. The van der Waals surface area contributed by atoms with E-state index < -0.39 is 0 Å². The fourth-order valence-corrected chi connectivity index (χ4v) is 2.45. The summed E-state index contributed by atoms with van der Waals surface area (Å²) in [6.07, 6.45) is 0. The fourth-order valence-electron chi connectivity index (χ4n) is 1.38. The van der Waals surface area contributed by atoms with Gasteiger partial charge in [-0.1, -0.05) is 23.4 Å². The van der Waals surface area contributed by atoms with Crippen LogP contribution in [0.4, 0.5) is 0 Å². The molecule has 0 saturated carbocycles. The van der Waals surface area contributed by atoms with Crippen molar-refractivity contribution in [2.24, 2.45) is 0 Å². The van der Waals surface area contributed by atoms with Gasteiger partial charge in [0.1, 0.15) is 5.76 Å². The molecule has 0 atom stereocenters. The maximum atomic E-state index is 5.12. The Labute approximate surface area is 93.7 Å². The first-order chi connectivity index (χ1) is 7.27.